The first-order chi connectivity index (χ1) is 11.2. The number of rotatable bonds is 6. The van der Waals surface area contributed by atoms with Crippen molar-refractivity contribution in [2.45, 2.75) is 11.7 Å². The van der Waals surface area contributed by atoms with Gasteiger partial charge in [0.2, 0.25) is 0 Å². The molecule has 2 heterocycles. The van der Waals surface area contributed by atoms with E-state index in [1.165, 1.54) is 6.07 Å². The van der Waals surface area contributed by atoms with Gasteiger partial charge in [-0.1, -0.05) is 36.4 Å². The third-order valence-electron chi connectivity index (χ3n) is 4.23. The van der Waals surface area contributed by atoms with Crippen LogP contribution in [0.15, 0.2) is 42.5 Å². The van der Waals surface area contributed by atoms with E-state index < -0.39 is 5.60 Å². The number of hydrogen-bond acceptors (Lipinski definition) is 5. The molecule has 120 valence electrons. The van der Waals surface area contributed by atoms with Gasteiger partial charge in [0.25, 0.3) is 0 Å². The summed E-state index contributed by atoms with van der Waals surface area (Å²) in [6.45, 7) is 2.03. The molecule has 2 aromatic carbocycles. The van der Waals surface area contributed by atoms with Crippen LogP contribution in [0.4, 0.5) is 0 Å². The first-order valence-electron chi connectivity index (χ1n) is 7.64. The maximum atomic E-state index is 10.4. The van der Waals surface area contributed by atoms with Gasteiger partial charge in [-0.05, 0) is 17.2 Å². The van der Waals surface area contributed by atoms with Gasteiger partial charge in [0, 0.05) is 5.56 Å². The van der Waals surface area contributed by atoms with E-state index in [9.17, 15) is 10.2 Å². The fourth-order valence-electron chi connectivity index (χ4n) is 2.81. The predicted molar refractivity (Wildman–Crippen MR) is 83.4 cm³/mol. The predicted octanol–water partition coefficient (Wildman–Crippen LogP) is 2.41. The normalized spacial score (nSPS) is 25.3. The largest absolute Gasteiger partial charge is 0.504 e. The smallest absolute Gasteiger partial charge is 0.164 e. The molecule has 0 radical (unpaired) electrons. The van der Waals surface area contributed by atoms with Gasteiger partial charge in [0.1, 0.15) is 11.7 Å². The number of epoxide rings is 2. The Bertz CT molecular complexity index is 705. The summed E-state index contributed by atoms with van der Waals surface area (Å²) in [5.41, 5.74) is 1.67. The highest BCUT2D eigenvalue weighted by atomic mass is 16.6. The molecule has 2 aromatic rings. The van der Waals surface area contributed by atoms with E-state index in [-0.39, 0.29) is 17.6 Å². The summed E-state index contributed by atoms with van der Waals surface area (Å²) < 4.78 is 16.5. The van der Waals surface area contributed by atoms with Gasteiger partial charge in [-0.15, -0.1) is 0 Å². The molecular formula is C18H18O5. The molecule has 4 rings (SSSR count). The average molecular weight is 314 g/mol. The van der Waals surface area contributed by atoms with Gasteiger partial charge >= 0.3 is 0 Å². The second-order valence-electron chi connectivity index (χ2n) is 5.98. The second kappa shape index (κ2) is 5.53. The van der Waals surface area contributed by atoms with Crippen molar-refractivity contribution in [2.75, 3.05) is 26.4 Å². The summed E-state index contributed by atoms with van der Waals surface area (Å²) in [6.07, 6.45) is 0.178. The molecule has 5 heteroatoms. The Hall–Kier alpha value is -2.08. The Balaban J connectivity index is 1.69. The molecule has 2 saturated heterocycles. The number of benzene rings is 2. The molecular weight excluding hydrogens is 296 g/mol. The standard InChI is InChI=1S/C18H18O5/c19-15-7-6-14(12-4-2-1-3-5-12)16(17(15)20)18(11-23-18)10-21-8-13-9-22-13/h1-7,13,19-20H,8-11H2. The molecule has 2 unspecified atom stereocenters. The van der Waals surface area contributed by atoms with Crippen molar-refractivity contribution in [2.24, 2.45) is 0 Å². The highest BCUT2D eigenvalue weighted by molar-refractivity contribution is 5.74. The van der Waals surface area contributed by atoms with Crippen molar-refractivity contribution in [3.8, 4) is 22.6 Å². The van der Waals surface area contributed by atoms with Crippen molar-refractivity contribution >= 4 is 0 Å². The lowest BCUT2D eigenvalue weighted by Gasteiger charge is -2.19. The summed E-state index contributed by atoms with van der Waals surface area (Å²) in [5, 5.41) is 20.3. The van der Waals surface area contributed by atoms with Crippen LogP contribution in [0.25, 0.3) is 11.1 Å². The Morgan fingerprint density at radius 2 is 1.87 bits per heavy atom. The summed E-state index contributed by atoms with van der Waals surface area (Å²) in [7, 11) is 0. The summed E-state index contributed by atoms with van der Waals surface area (Å²) >= 11 is 0. The summed E-state index contributed by atoms with van der Waals surface area (Å²) in [4.78, 5) is 0. The fourth-order valence-corrected chi connectivity index (χ4v) is 2.81. The molecule has 2 aliphatic rings. The molecule has 2 aliphatic heterocycles. The molecule has 23 heavy (non-hydrogen) atoms. The quantitative estimate of drug-likeness (QED) is 0.632. The van der Waals surface area contributed by atoms with E-state index in [0.29, 0.717) is 25.4 Å². The van der Waals surface area contributed by atoms with Crippen LogP contribution in [0.3, 0.4) is 0 Å². The summed E-state index contributed by atoms with van der Waals surface area (Å²) in [6, 6.07) is 13.0. The van der Waals surface area contributed by atoms with Crippen LogP contribution >= 0.6 is 0 Å². The molecule has 0 aromatic heterocycles. The Morgan fingerprint density at radius 1 is 1.13 bits per heavy atom. The van der Waals surface area contributed by atoms with Crippen molar-refractivity contribution in [1.82, 2.24) is 0 Å². The molecule has 5 nitrogen and oxygen atoms in total. The minimum atomic E-state index is -0.705. The lowest BCUT2D eigenvalue weighted by molar-refractivity contribution is 0.0663. The van der Waals surface area contributed by atoms with Crippen LogP contribution in [0, 0.1) is 0 Å². The van der Waals surface area contributed by atoms with E-state index in [0.717, 1.165) is 17.7 Å². The van der Waals surface area contributed by atoms with E-state index in [4.69, 9.17) is 14.2 Å². The Morgan fingerprint density at radius 3 is 2.52 bits per heavy atom. The van der Waals surface area contributed by atoms with Crippen molar-refractivity contribution in [3.05, 3.63) is 48.0 Å². The average Bonchev–Trinajstić information content (AvgIpc) is 3.48. The van der Waals surface area contributed by atoms with Crippen LogP contribution in [0.5, 0.6) is 11.5 Å². The van der Waals surface area contributed by atoms with E-state index in [2.05, 4.69) is 0 Å². The molecule has 2 N–H and O–H groups in total. The van der Waals surface area contributed by atoms with E-state index in [1.54, 1.807) is 6.07 Å². The fraction of sp³-hybridized carbons (Fsp3) is 0.333. The monoisotopic (exact) mass is 314 g/mol. The number of phenolic OH excluding ortho intramolecular Hbond substituents is 2. The van der Waals surface area contributed by atoms with Gasteiger partial charge in [0.15, 0.2) is 11.5 Å². The van der Waals surface area contributed by atoms with Gasteiger partial charge in [-0.3, -0.25) is 0 Å². The highest BCUT2D eigenvalue weighted by Gasteiger charge is 2.51. The maximum absolute atomic E-state index is 10.4. The Kier molecular flexibility index (Phi) is 3.49. The van der Waals surface area contributed by atoms with Crippen LogP contribution in [0.1, 0.15) is 5.56 Å². The zero-order chi connectivity index (χ0) is 15.9. The maximum Gasteiger partial charge on any atom is 0.164 e. The molecule has 0 aliphatic carbocycles. The number of ether oxygens (including phenoxy) is 3. The van der Waals surface area contributed by atoms with Crippen molar-refractivity contribution in [1.29, 1.82) is 0 Å². The summed E-state index contributed by atoms with van der Waals surface area (Å²) in [5.74, 6) is -0.296. The first kappa shape index (κ1) is 14.5. The van der Waals surface area contributed by atoms with Crippen LogP contribution in [0.2, 0.25) is 0 Å². The molecule has 0 saturated carbocycles. The highest BCUT2D eigenvalue weighted by Crippen LogP contribution is 2.50. The van der Waals surface area contributed by atoms with Crippen LogP contribution in [-0.2, 0) is 19.8 Å². The molecule has 2 atom stereocenters. The van der Waals surface area contributed by atoms with Crippen molar-refractivity contribution < 1.29 is 24.4 Å². The molecule has 2 fully saturated rings. The van der Waals surface area contributed by atoms with Crippen LogP contribution < -0.4 is 0 Å². The zero-order valence-corrected chi connectivity index (χ0v) is 12.6. The minimum absolute atomic E-state index is 0.143. The third-order valence-corrected chi connectivity index (χ3v) is 4.23. The Labute approximate surface area is 134 Å². The first-order valence-corrected chi connectivity index (χ1v) is 7.64. The lowest BCUT2D eigenvalue weighted by Crippen LogP contribution is -2.20. The number of aromatic hydroxyl groups is 2. The number of phenols is 2. The van der Waals surface area contributed by atoms with Gasteiger partial charge < -0.3 is 24.4 Å². The van der Waals surface area contributed by atoms with Gasteiger partial charge in [-0.2, -0.15) is 0 Å². The lowest BCUT2D eigenvalue weighted by atomic mass is 9.90. The van der Waals surface area contributed by atoms with Crippen LogP contribution in [-0.4, -0.2) is 42.7 Å². The van der Waals surface area contributed by atoms with E-state index in [1.807, 2.05) is 30.3 Å². The topological polar surface area (TPSA) is 74.8 Å². The molecule has 0 bridgehead atoms. The zero-order valence-electron chi connectivity index (χ0n) is 12.6. The van der Waals surface area contributed by atoms with Gasteiger partial charge in [-0.25, -0.2) is 0 Å². The SMILES string of the molecule is Oc1ccc(-c2ccccc2)c(C2(COCC3CO3)CO2)c1O. The minimum Gasteiger partial charge on any atom is -0.504 e. The van der Waals surface area contributed by atoms with E-state index >= 15 is 0 Å². The van der Waals surface area contributed by atoms with Crippen molar-refractivity contribution in [3.63, 3.8) is 0 Å². The third kappa shape index (κ3) is 2.79. The van der Waals surface area contributed by atoms with Gasteiger partial charge in [0.05, 0.1) is 26.4 Å². The second-order valence-corrected chi connectivity index (χ2v) is 5.98. The molecule has 0 amide bonds. The number of hydrogen-bond donors (Lipinski definition) is 2. The molecule has 0 spiro atoms.